The van der Waals surface area contributed by atoms with Crippen LogP contribution in [0.1, 0.15) is 22.8 Å². The molecule has 2 rings (SSSR count). The second-order valence-electron chi connectivity index (χ2n) is 4.77. The molecule has 7 nitrogen and oxygen atoms in total. The summed E-state index contributed by atoms with van der Waals surface area (Å²) in [7, 11) is 1.46. The van der Waals surface area contributed by atoms with Gasteiger partial charge in [0, 0.05) is 23.9 Å². The fourth-order valence-electron chi connectivity index (χ4n) is 1.94. The molecule has 0 fully saturated rings. The average Bonchev–Trinajstić information content (AvgIpc) is 3.01. The molecule has 1 aromatic carbocycles. The molecular formula is C16H14N2O5S. The van der Waals surface area contributed by atoms with Crippen molar-refractivity contribution in [1.82, 2.24) is 0 Å². The molecule has 124 valence electrons. The van der Waals surface area contributed by atoms with E-state index in [1.807, 2.05) is 0 Å². The van der Waals surface area contributed by atoms with Crippen LogP contribution in [0.4, 0.5) is 10.7 Å². The minimum Gasteiger partial charge on any atom is -0.495 e. The van der Waals surface area contributed by atoms with Crippen molar-refractivity contribution in [2.24, 2.45) is 0 Å². The van der Waals surface area contributed by atoms with Gasteiger partial charge in [0.1, 0.15) is 5.75 Å². The summed E-state index contributed by atoms with van der Waals surface area (Å²) in [6, 6.07) is 6.07. The van der Waals surface area contributed by atoms with Crippen LogP contribution in [0.15, 0.2) is 35.7 Å². The molecule has 0 aliphatic heterocycles. The van der Waals surface area contributed by atoms with Gasteiger partial charge < -0.3 is 10.1 Å². The first-order valence-corrected chi connectivity index (χ1v) is 7.69. The Morgan fingerprint density at radius 2 is 2.08 bits per heavy atom. The van der Waals surface area contributed by atoms with E-state index in [2.05, 4.69) is 5.32 Å². The standard InChI is InChI=1S/C16H14N2O5S/c1-10(19)17-13-8-12(4-6-15(13)23-2)14(20)5-3-11-7-16(18(21)22)24-9-11/h3-9H,1-2H3,(H,17,19)/b5-3+. The zero-order valence-corrected chi connectivity index (χ0v) is 13.8. The smallest absolute Gasteiger partial charge is 0.324 e. The van der Waals surface area contributed by atoms with E-state index in [1.54, 1.807) is 17.5 Å². The van der Waals surface area contributed by atoms with E-state index >= 15 is 0 Å². The van der Waals surface area contributed by atoms with Gasteiger partial charge in [-0.1, -0.05) is 11.3 Å². The molecule has 0 aliphatic carbocycles. The summed E-state index contributed by atoms with van der Waals surface area (Å²) in [5, 5.41) is 14.8. The number of ether oxygens (including phenoxy) is 1. The number of anilines is 1. The number of thiophene rings is 1. The molecule has 0 unspecified atom stereocenters. The Kier molecular flexibility index (Phi) is 5.43. The summed E-state index contributed by atoms with van der Waals surface area (Å²) in [5.41, 5.74) is 1.34. The molecule has 24 heavy (non-hydrogen) atoms. The molecule has 1 N–H and O–H groups in total. The lowest BCUT2D eigenvalue weighted by Gasteiger charge is -2.09. The summed E-state index contributed by atoms with van der Waals surface area (Å²) in [5.74, 6) is -0.128. The fourth-order valence-corrected chi connectivity index (χ4v) is 2.63. The molecule has 1 amide bonds. The predicted molar refractivity (Wildman–Crippen MR) is 91.6 cm³/mol. The lowest BCUT2D eigenvalue weighted by molar-refractivity contribution is -0.380. The Hall–Kier alpha value is -3.00. The number of amides is 1. The second kappa shape index (κ2) is 7.51. The van der Waals surface area contributed by atoms with Crippen LogP contribution in [0.25, 0.3) is 6.08 Å². The van der Waals surface area contributed by atoms with Gasteiger partial charge in [0.2, 0.25) is 5.91 Å². The third-order valence-electron chi connectivity index (χ3n) is 3.01. The Balaban J connectivity index is 2.20. The summed E-state index contributed by atoms with van der Waals surface area (Å²) >= 11 is 0.994. The number of allylic oxidation sites excluding steroid dienone is 1. The van der Waals surface area contributed by atoms with E-state index in [1.165, 1.54) is 38.3 Å². The van der Waals surface area contributed by atoms with Gasteiger partial charge >= 0.3 is 5.00 Å². The highest BCUT2D eigenvalue weighted by Gasteiger charge is 2.11. The van der Waals surface area contributed by atoms with Crippen LogP contribution >= 0.6 is 11.3 Å². The zero-order valence-electron chi connectivity index (χ0n) is 12.9. The van der Waals surface area contributed by atoms with Crippen molar-refractivity contribution in [3.63, 3.8) is 0 Å². The molecule has 0 saturated heterocycles. The van der Waals surface area contributed by atoms with Gasteiger partial charge in [0.05, 0.1) is 17.7 Å². The van der Waals surface area contributed by atoms with Crippen LogP contribution in [0.2, 0.25) is 0 Å². The van der Waals surface area contributed by atoms with Crippen LogP contribution in [0.3, 0.4) is 0 Å². The Morgan fingerprint density at radius 3 is 2.67 bits per heavy atom. The maximum absolute atomic E-state index is 12.2. The van der Waals surface area contributed by atoms with Crippen LogP contribution in [-0.4, -0.2) is 23.7 Å². The number of methoxy groups -OCH3 is 1. The number of nitro groups is 1. The molecule has 0 saturated carbocycles. The Bertz CT molecular complexity index is 826. The number of nitrogens with one attached hydrogen (secondary N) is 1. The summed E-state index contributed by atoms with van der Waals surface area (Å²) in [6.45, 7) is 1.36. The lowest BCUT2D eigenvalue weighted by Crippen LogP contribution is -2.08. The Morgan fingerprint density at radius 1 is 1.33 bits per heavy atom. The van der Waals surface area contributed by atoms with Crippen molar-refractivity contribution in [2.45, 2.75) is 6.92 Å². The minimum atomic E-state index is -0.479. The first-order valence-electron chi connectivity index (χ1n) is 6.81. The largest absolute Gasteiger partial charge is 0.495 e. The van der Waals surface area contributed by atoms with Crippen LogP contribution < -0.4 is 10.1 Å². The molecule has 1 heterocycles. The SMILES string of the molecule is COc1ccc(C(=O)/C=C/c2csc([N+](=O)[O-])c2)cc1NC(C)=O. The molecule has 0 atom stereocenters. The topological polar surface area (TPSA) is 98.5 Å². The van der Waals surface area contributed by atoms with Crippen molar-refractivity contribution in [3.8, 4) is 5.75 Å². The van der Waals surface area contributed by atoms with E-state index in [0.29, 0.717) is 22.6 Å². The van der Waals surface area contributed by atoms with Gasteiger partial charge in [0.25, 0.3) is 0 Å². The number of hydrogen-bond acceptors (Lipinski definition) is 6. The summed E-state index contributed by atoms with van der Waals surface area (Å²) < 4.78 is 5.13. The lowest BCUT2D eigenvalue weighted by atomic mass is 10.1. The van der Waals surface area contributed by atoms with Crippen molar-refractivity contribution in [1.29, 1.82) is 0 Å². The molecule has 0 bridgehead atoms. The van der Waals surface area contributed by atoms with Crippen LogP contribution in [-0.2, 0) is 4.79 Å². The van der Waals surface area contributed by atoms with Gasteiger partial charge in [0.15, 0.2) is 5.78 Å². The summed E-state index contributed by atoms with van der Waals surface area (Å²) in [4.78, 5) is 33.6. The van der Waals surface area contributed by atoms with Gasteiger partial charge in [-0.2, -0.15) is 0 Å². The molecular weight excluding hydrogens is 332 g/mol. The number of nitrogens with zero attached hydrogens (tertiary/aromatic N) is 1. The van der Waals surface area contributed by atoms with Crippen molar-refractivity contribution in [2.75, 3.05) is 12.4 Å². The van der Waals surface area contributed by atoms with Gasteiger partial charge in [-0.25, -0.2) is 0 Å². The highest BCUT2D eigenvalue weighted by molar-refractivity contribution is 7.13. The molecule has 8 heteroatoms. The van der Waals surface area contributed by atoms with E-state index in [0.717, 1.165) is 11.3 Å². The van der Waals surface area contributed by atoms with E-state index < -0.39 is 4.92 Å². The number of hydrogen-bond donors (Lipinski definition) is 1. The maximum Gasteiger partial charge on any atom is 0.324 e. The van der Waals surface area contributed by atoms with E-state index in [4.69, 9.17) is 4.74 Å². The van der Waals surface area contributed by atoms with Crippen LogP contribution in [0, 0.1) is 10.1 Å². The second-order valence-corrected chi connectivity index (χ2v) is 5.66. The predicted octanol–water partition coefficient (Wildman–Crippen LogP) is 3.52. The number of rotatable bonds is 6. The highest BCUT2D eigenvalue weighted by Crippen LogP contribution is 2.26. The number of ketones is 1. The average molecular weight is 346 g/mol. The first-order chi connectivity index (χ1) is 11.4. The molecule has 2 aromatic rings. The maximum atomic E-state index is 12.2. The van der Waals surface area contributed by atoms with Crippen LogP contribution in [0.5, 0.6) is 5.75 Å². The van der Waals surface area contributed by atoms with Gasteiger partial charge in [-0.05, 0) is 35.9 Å². The summed E-state index contributed by atoms with van der Waals surface area (Å²) in [6.07, 6.45) is 2.83. The number of carbonyl (C=O) groups excluding carboxylic acids is 2. The molecule has 0 radical (unpaired) electrons. The van der Waals surface area contributed by atoms with Gasteiger partial charge in [-0.3, -0.25) is 19.7 Å². The first kappa shape index (κ1) is 17.4. The van der Waals surface area contributed by atoms with Gasteiger partial charge in [-0.15, -0.1) is 0 Å². The van der Waals surface area contributed by atoms with Crippen molar-refractivity contribution in [3.05, 3.63) is 57.0 Å². The number of benzene rings is 1. The quantitative estimate of drug-likeness (QED) is 0.373. The van der Waals surface area contributed by atoms with E-state index in [9.17, 15) is 19.7 Å². The normalized spacial score (nSPS) is 10.6. The molecule has 0 spiro atoms. The van der Waals surface area contributed by atoms with Crippen molar-refractivity contribution >= 4 is 39.8 Å². The number of carbonyl (C=O) groups is 2. The minimum absolute atomic E-state index is 0.0134. The fraction of sp³-hybridized carbons (Fsp3) is 0.125. The monoisotopic (exact) mass is 346 g/mol. The zero-order chi connectivity index (χ0) is 17.7. The third kappa shape index (κ3) is 4.26. The highest BCUT2D eigenvalue weighted by atomic mass is 32.1. The Labute approximate surface area is 141 Å². The molecule has 1 aromatic heterocycles. The molecule has 0 aliphatic rings. The van der Waals surface area contributed by atoms with E-state index in [-0.39, 0.29) is 16.7 Å². The van der Waals surface area contributed by atoms with Crippen molar-refractivity contribution < 1.29 is 19.2 Å². The third-order valence-corrected chi connectivity index (χ3v) is 3.91.